The van der Waals surface area contributed by atoms with Gasteiger partial charge in [0.2, 0.25) is 0 Å². The van der Waals surface area contributed by atoms with E-state index in [0.29, 0.717) is 35.1 Å². The van der Waals surface area contributed by atoms with E-state index in [9.17, 15) is 20.4 Å². The first-order valence-corrected chi connectivity index (χ1v) is 14.2. The molecule has 1 aliphatic carbocycles. The molecule has 1 aliphatic rings. The summed E-state index contributed by atoms with van der Waals surface area (Å²) in [6.45, 7) is 4.27. The maximum absolute atomic E-state index is 11.6. The van der Waals surface area contributed by atoms with Gasteiger partial charge in [-0.05, 0) is 59.1 Å². The van der Waals surface area contributed by atoms with Crippen molar-refractivity contribution in [2.75, 3.05) is 0 Å². The van der Waals surface area contributed by atoms with Crippen LogP contribution < -0.4 is 0 Å². The van der Waals surface area contributed by atoms with Crippen LogP contribution >= 0.6 is 0 Å². The van der Waals surface area contributed by atoms with Crippen molar-refractivity contribution < 1.29 is 20.4 Å². The van der Waals surface area contributed by atoms with Gasteiger partial charge in [0, 0.05) is 11.1 Å². The van der Waals surface area contributed by atoms with Gasteiger partial charge >= 0.3 is 0 Å². The Kier molecular flexibility index (Phi) is 7.56. The molecule has 4 nitrogen and oxygen atoms in total. The van der Waals surface area contributed by atoms with Crippen molar-refractivity contribution in [3.05, 3.63) is 106 Å². The Balaban J connectivity index is 1.79. The van der Waals surface area contributed by atoms with Gasteiger partial charge in [0.1, 0.15) is 0 Å². The Morgan fingerprint density at radius 1 is 0.462 bits per heavy atom. The number of hydrogen-bond donors (Lipinski definition) is 4. The molecular formula is C35H38O4. The Hall–Kier alpha value is -3.92. The highest BCUT2D eigenvalue weighted by Gasteiger charge is 2.49. The Labute approximate surface area is 231 Å². The molecule has 0 fully saturated rings. The van der Waals surface area contributed by atoms with Crippen molar-refractivity contribution in [2.24, 2.45) is 0 Å². The van der Waals surface area contributed by atoms with Crippen molar-refractivity contribution in [3.8, 4) is 34.1 Å². The monoisotopic (exact) mass is 522 g/mol. The second kappa shape index (κ2) is 11.1. The van der Waals surface area contributed by atoms with Crippen LogP contribution in [0.5, 0.6) is 23.0 Å². The minimum atomic E-state index is -1.14. The quantitative estimate of drug-likeness (QED) is 0.110. The summed E-state index contributed by atoms with van der Waals surface area (Å²) >= 11 is 0. The number of phenolic OH excluding ortho intramolecular Hbond substituents is 4. The molecule has 0 saturated heterocycles. The summed E-state index contributed by atoms with van der Waals surface area (Å²) < 4.78 is 0. The van der Waals surface area contributed by atoms with Gasteiger partial charge in [-0.2, -0.15) is 0 Å². The first kappa shape index (κ1) is 26.7. The Morgan fingerprint density at radius 2 is 0.872 bits per heavy atom. The third-order valence-electron chi connectivity index (χ3n) is 8.33. The summed E-state index contributed by atoms with van der Waals surface area (Å²) in [6.07, 6.45) is 7.42. The molecule has 0 bridgehead atoms. The van der Waals surface area contributed by atoms with Crippen LogP contribution in [0.1, 0.15) is 85.8 Å². The van der Waals surface area contributed by atoms with E-state index >= 15 is 0 Å². The number of aromatic hydroxyl groups is 4. The van der Waals surface area contributed by atoms with E-state index in [1.807, 2.05) is 72.8 Å². The normalized spacial score (nSPS) is 13.3. The Bertz CT molecular complexity index is 1370. The number of hydrogen-bond acceptors (Lipinski definition) is 4. The summed E-state index contributed by atoms with van der Waals surface area (Å²) in [7, 11) is 0. The molecule has 0 aliphatic heterocycles. The average molecular weight is 523 g/mol. The fourth-order valence-electron chi connectivity index (χ4n) is 6.34. The summed E-state index contributed by atoms with van der Waals surface area (Å²) in [5.74, 6) is -0.627. The second-order valence-corrected chi connectivity index (χ2v) is 10.7. The minimum Gasteiger partial charge on any atom is -0.504 e. The number of fused-ring (bicyclic) bond motifs is 3. The average Bonchev–Trinajstić information content (AvgIpc) is 3.25. The molecule has 4 aromatic carbocycles. The lowest BCUT2D eigenvalue weighted by atomic mass is 9.66. The smallest absolute Gasteiger partial charge is 0.162 e. The fraction of sp³-hybridized carbons (Fsp3) is 0.314. The maximum Gasteiger partial charge on any atom is 0.162 e. The van der Waals surface area contributed by atoms with Crippen LogP contribution in [0.3, 0.4) is 0 Å². The highest BCUT2D eigenvalue weighted by atomic mass is 16.3. The van der Waals surface area contributed by atoms with Crippen molar-refractivity contribution in [3.63, 3.8) is 0 Å². The molecule has 0 radical (unpaired) electrons. The third kappa shape index (κ3) is 4.32. The van der Waals surface area contributed by atoms with E-state index in [4.69, 9.17) is 0 Å². The molecule has 0 unspecified atom stereocenters. The van der Waals surface area contributed by atoms with Gasteiger partial charge < -0.3 is 20.4 Å². The molecule has 4 aromatic rings. The minimum absolute atomic E-state index is 0.121. The van der Waals surface area contributed by atoms with Gasteiger partial charge in [-0.3, -0.25) is 0 Å². The number of benzene rings is 4. The number of unbranched alkanes of at least 4 members (excludes halogenated alkanes) is 4. The Morgan fingerprint density at radius 3 is 1.28 bits per heavy atom. The van der Waals surface area contributed by atoms with Crippen LogP contribution in [-0.4, -0.2) is 20.4 Å². The van der Waals surface area contributed by atoms with Crippen LogP contribution in [0.15, 0.2) is 72.8 Å². The topological polar surface area (TPSA) is 80.9 Å². The zero-order valence-corrected chi connectivity index (χ0v) is 22.9. The van der Waals surface area contributed by atoms with Crippen LogP contribution in [-0.2, 0) is 18.3 Å². The highest BCUT2D eigenvalue weighted by molar-refractivity contribution is 5.88. The van der Waals surface area contributed by atoms with E-state index in [1.165, 1.54) is 0 Å². The summed E-state index contributed by atoms with van der Waals surface area (Å²) in [6, 6.07) is 23.5. The molecule has 0 spiro atoms. The summed E-state index contributed by atoms with van der Waals surface area (Å²) in [4.78, 5) is 0. The lowest BCUT2D eigenvalue weighted by Crippen LogP contribution is -2.29. The van der Waals surface area contributed by atoms with Crippen molar-refractivity contribution in [1.82, 2.24) is 0 Å². The van der Waals surface area contributed by atoms with Gasteiger partial charge in [-0.15, -0.1) is 0 Å². The van der Waals surface area contributed by atoms with E-state index in [0.717, 1.165) is 60.8 Å². The predicted octanol–water partition coefficient (Wildman–Crippen LogP) is 8.34. The predicted molar refractivity (Wildman–Crippen MR) is 157 cm³/mol. The number of aryl methyl sites for hydroxylation is 2. The zero-order valence-electron chi connectivity index (χ0n) is 22.9. The summed E-state index contributed by atoms with van der Waals surface area (Å²) in [5, 5.41) is 45.7. The third-order valence-corrected chi connectivity index (χ3v) is 8.33. The number of phenols is 4. The summed E-state index contributed by atoms with van der Waals surface area (Å²) in [5.41, 5.74) is 4.97. The molecule has 0 heterocycles. The zero-order chi connectivity index (χ0) is 27.6. The maximum atomic E-state index is 11.6. The molecule has 0 amide bonds. The van der Waals surface area contributed by atoms with Crippen LogP contribution in [0, 0.1) is 0 Å². The molecule has 0 aromatic heterocycles. The van der Waals surface area contributed by atoms with E-state index in [2.05, 4.69) is 13.8 Å². The van der Waals surface area contributed by atoms with Crippen LogP contribution in [0.2, 0.25) is 0 Å². The standard InChI is InChI=1S/C35H38O4/c1-3-5-7-13-23-19-21-29(33(38)31(23)36)35(30-22-20-24(14-8-6-4-2)32(37)34(30)39)27-17-11-9-15-25(27)26-16-10-12-18-28(26)35/h9-12,15-22,36-39H,3-8,13-14H2,1-2H3. The lowest BCUT2D eigenvalue weighted by molar-refractivity contribution is 0.382. The first-order valence-electron chi connectivity index (χ1n) is 14.2. The highest BCUT2D eigenvalue weighted by Crippen LogP contribution is 2.61. The van der Waals surface area contributed by atoms with Crippen LogP contribution in [0.4, 0.5) is 0 Å². The van der Waals surface area contributed by atoms with Gasteiger partial charge in [-0.25, -0.2) is 0 Å². The molecule has 4 heteroatoms. The molecule has 4 N–H and O–H groups in total. The SMILES string of the molecule is CCCCCc1ccc(C2(c3ccc(CCCCC)c(O)c3O)c3ccccc3-c3ccccc32)c(O)c1O. The van der Waals surface area contributed by atoms with Crippen molar-refractivity contribution in [2.45, 2.75) is 70.6 Å². The molecule has 0 atom stereocenters. The van der Waals surface area contributed by atoms with Gasteiger partial charge in [0.25, 0.3) is 0 Å². The fourth-order valence-corrected chi connectivity index (χ4v) is 6.34. The molecule has 0 saturated carbocycles. The molecule has 39 heavy (non-hydrogen) atoms. The van der Waals surface area contributed by atoms with Gasteiger partial charge in [0.15, 0.2) is 23.0 Å². The van der Waals surface area contributed by atoms with Gasteiger partial charge in [0.05, 0.1) is 5.41 Å². The first-order chi connectivity index (χ1) is 19.0. The number of rotatable bonds is 10. The van der Waals surface area contributed by atoms with Crippen molar-refractivity contribution in [1.29, 1.82) is 0 Å². The van der Waals surface area contributed by atoms with Crippen LogP contribution in [0.25, 0.3) is 11.1 Å². The lowest BCUT2D eigenvalue weighted by Gasteiger charge is -2.35. The molecule has 5 rings (SSSR count). The molecular weight excluding hydrogens is 484 g/mol. The van der Waals surface area contributed by atoms with E-state index in [-0.39, 0.29) is 23.0 Å². The van der Waals surface area contributed by atoms with E-state index < -0.39 is 5.41 Å². The van der Waals surface area contributed by atoms with Crippen molar-refractivity contribution >= 4 is 0 Å². The molecule has 202 valence electrons. The largest absolute Gasteiger partial charge is 0.504 e. The van der Waals surface area contributed by atoms with E-state index in [1.54, 1.807) is 0 Å². The second-order valence-electron chi connectivity index (χ2n) is 10.7. The van der Waals surface area contributed by atoms with Gasteiger partial charge in [-0.1, -0.05) is 112 Å².